The third kappa shape index (κ3) is 2.00. The standard InChI is InChI=1S/C13H18O2/c1-9-10(2)12(15-3)5-4-11(9)8-13(14)6-7-13/h4-5,14H,6-8H2,1-3H3. The van der Waals surface area contributed by atoms with Gasteiger partial charge in [-0.15, -0.1) is 0 Å². The summed E-state index contributed by atoms with van der Waals surface area (Å²) in [6.45, 7) is 4.16. The van der Waals surface area contributed by atoms with Crippen molar-refractivity contribution in [1.29, 1.82) is 0 Å². The van der Waals surface area contributed by atoms with Gasteiger partial charge in [-0.1, -0.05) is 6.07 Å². The van der Waals surface area contributed by atoms with E-state index in [1.807, 2.05) is 6.07 Å². The predicted octanol–water partition coefficient (Wildman–Crippen LogP) is 2.38. The molecule has 0 saturated heterocycles. The van der Waals surface area contributed by atoms with E-state index in [0.717, 1.165) is 25.0 Å². The van der Waals surface area contributed by atoms with Gasteiger partial charge >= 0.3 is 0 Å². The Kier molecular flexibility index (Phi) is 2.47. The molecule has 82 valence electrons. The lowest BCUT2D eigenvalue weighted by molar-refractivity contribution is 0.150. The van der Waals surface area contributed by atoms with Gasteiger partial charge in [-0.25, -0.2) is 0 Å². The second kappa shape index (κ2) is 3.53. The largest absolute Gasteiger partial charge is 0.496 e. The van der Waals surface area contributed by atoms with Crippen molar-refractivity contribution in [3.8, 4) is 5.75 Å². The van der Waals surface area contributed by atoms with Crippen molar-refractivity contribution in [2.45, 2.75) is 38.7 Å². The summed E-state index contributed by atoms with van der Waals surface area (Å²) in [6.07, 6.45) is 2.67. The van der Waals surface area contributed by atoms with Crippen LogP contribution >= 0.6 is 0 Å². The van der Waals surface area contributed by atoms with Crippen LogP contribution in [0.1, 0.15) is 29.5 Å². The van der Waals surface area contributed by atoms with Crippen LogP contribution in [-0.2, 0) is 6.42 Å². The topological polar surface area (TPSA) is 29.5 Å². The number of hydrogen-bond acceptors (Lipinski definition) is 2. The summed E-state index contributed by atoms with van der Waals surface area (Å²) in [4.78, 5) is 0. The molecule has 1 aliphatic rings. The molecule has 1 aromatic carbocycles. The third-order valence-corrected chi connectivity index (χ3v) is 3.42. The van der Waals surface area contributed by atoms with Crippen LogP contribution in [0.5, 0.6) is 5.75 Å². The molecule has 0 heterocycles. The highest BCUT2D eigenvalue weighted by atomic mass is 16.5. The van der Waals surface area contributed by atoms with E-state index in [-0.39, 0.29) is 0 Å². The van der Waals surface area contributed by atoms with Gasteiger partial charge in [0.05, 0.1) is 12.7 Å². The molecule has 0 spiro atoms. The molecule has 2 heteroatoms. The van der Waals surface area contributed by atoms with Crippen molar-refractivity contribution >= 4 is 0 Å². The van der Waals surface area contributed by atoms with E-state index in [4.69, 9.17) is 4.74 Å². The molecular weight excluding hydrogens is 188 g/mol. The Labute approximate surface area is 90.9 Å². The summed E-state index contributed by atoms with van der Waals surface area (Å²) in [7, 11) is 1.69. The number of ether oxygens (including phenoxy) is 1. The van der Waals surface area contributed by atoms with E-state index < -0.39 is 5.60 Å². The second-order valence-corrected chi connectivity index (χ2v) is 4.58. The first-order chi connectivity index (χ1) is 7.06. The molecule has 0 aliphatic heterocycles. The highest BCUT2D eigenvalue weighted by Gasteiger charge is 2.40. The fourth-order valence-electron chi connectivity index (χ4n) is 1.94. The van der Waals surface area contributed by atoms with Crippen LogP contribution in [0, 0.1) is 13.8 Å². The zero-order valence-corrected chi connectivity index (χ0v) is 9.63. The molecule has 0 amide bonds. The third-order valence-electron chi connectivity index (χ3n) is 3.42. The summed E-state index contributed by atoms with van der Waals surface area (Å²) in [5.41, 5.74) is 3.26. The number of methoxy groups -OCH3 is 1. The first-order valence-electron chi connectivity index (χ1n) is 5.41. The Morgan fingerprint density at radius 2 is 1.93 bits per heavy atom. The summed E-state index contributed by atoms with van der Waals surface area (Å²) in [5.74, 6) is 0.930. The van der Waals surface area contributed by atoms with Crippen molar-refractivity contribution in [3.05, 3.63) is 28.8 Å². The van der Waals surface area contributed by atoms with Crippen LogP contribution in [0.2, 0.25) is 0 Å². The van der Waals surface area contributed by atoms with Gasteiger partial charge in [0.15, 0.2) is 0 Å². The molecule has 15 heavy (non-hydrogen) atoms. The molecule has 2 rings (SSSR count). The van der Waals surface area contributed by atoms with E-state index in [1.54, 1.807) is 7.11 Å². The first kappa shape index (κ1) is 10.5. The van der Waals surface area contributed by atoms with Crippen LogP contribution < -0.4 is 4.74 Å². The molecule has 0 aromatic heterocycles. The molecule has 1 aromatic rings. The smallest absolute Gasteiger partial charge is 0.122 e. The van der Waals surface area contributed by atoms with Gasteiger partial charge in [-0.05, 0) is 49.4 Å². The lowest BCUT2D eigenvalue weighted by Gasteiger charge is -2.14. The summed E-state index contributed by atoms with van der Waals surface area (Å²) in [5, 5.41) is 9.89. The second-order valence-electron chi connectivity index (χ2n) is 4.58. The zero-order valence-electron chi connectivity index (χ0n) is 9.63. The highest BCUT2D eigenvalue weighted by molar-refractivity contribution is 5.44. The van der Waals surface area contributed by atoms with Gasteiger partial charge in [-0.3, -0.25) is 0 Å². The van der Waals surface area contributed by atoms with Crippen LogP contribution in [0.3, 0.4) is 0 Å². The number of rotatable bonds is 3. The van der Waals surface area contributed by atoms with E-state index in [1.165, 1.54) is 16.7 Å². The fraction of sp³-hybridized carbons (Fsp3) is 0.538. The summed E-state index contributed by atoms with van der Waals surface area (Å²) < 4.78 is 5.26. The maximum absolute atomic E-state index is 9.89. The summed E-state index contributed by atoms with van der Waals surface area (Å²) >= 11 is 0. The van der Waals surface area contributed by atoms with E-state index in [9.17, 15) is 5.11 Å². The predicted molar refractivity (Wildman–Crippen MR) is 60.4 cm³/mol. The Balaban J connectivity index is 2.29. The molecule has 0 atom stereocenters. The van der Waals surface area contributed by atoms with Gasteiger partial charge < -0.3 is 9.84 Å². The van der Waals surface area contributed by atoms with Crippen LogP contribution in [0.4, 0.5) is 0 Å². The van der Waals surface area contributed by atoms with Crippen molar-refractivity contribution in [1.82, 2.24) is 0 Å². The molecule has 0 radical (unpaired) electrons. The lowest BCUT2D eigenvalue weighted by Crippen LogP contribution is -2.12. The van der Waals surface area contributed by atoms with Gasteiger partial charge in [0.2, 0.25) is 0 Å². The van der Waals surface area contributed by atoms with Gasteiger partial charge in [-0.2, -0.15) is 0 Å². The van der Waals surface area contributed by atoms with Crippen molar-refractivity contribution in [2.24, 2.45) is 0 Å². The number of hydrogen-bond donors (Lipinski definition) is 1. The van der Waals surface area contributed by atoms with Gasteiger partial charge in [0.1, 0.15) is 5.75 Å². The van der Waals surface area contributed by atoms with Crippen LogP contribution in [0.25, 0.3) is 0 Å². The van der Waals surface area contributed by atoms with Crippen molar-refractivity contribution in [3.63, 3.8) is 0 Å². The maximum atomic E-state index is 9.89. The maximum Gasteiger partial charge on any atom is 0.122 e. The molecule has 1 N–H and O–H groups in total. The Morgan fingerprint density at radius 3 is 2.47 bits per heavy atom. The minimum absolute atomic E-state index is 0.411. The first-order valence-corrected chi connectivity index (χ1v) is 5.41. The molecule has 1 saturated carbocycles. The molecule has 0 unspecified atom stereocenters. The number of benzene rings is 1. The number of aliphatic hydroxyl groups is 1. The van der Waals surface area contributed by atoms with E-state index >= 15 is 0 Å². The molecule has 1 aliphatic carbocycles. The van der Waals surface area contributed by atoms with Crippen LogP contribution in [-0.4, -0.2) is 17.8 Å². The molecule has 0 bridgehead atoms. The normalized spacial score (nSPS) is 17.6. The Morgan fingerprint density at radius 1 is 1.27 bits per heavy atom. The fourth-order valence-corrected chi connectivity index (χ4v) is 1.94. The van der Waals surface area contributed by atoms with Crippen LogP contribution in [0.15, 0.2) is 12.1 Å². The van der Waals surface area contributed by atoms with Gasteiger partial charge in [0, 0.05) is 6.42 Å². The molecule has 1 fully saturated rings. The quantitative estimate of drug-likeness (QED) is 0.822. The van der Waals surface area contributed by atoms with Gasteiger partial charge in [0.25, 0.3) is 0 Å². The molecular formula is C13H18O2. The monoisotopic (exact) mass is 206 g/mol. The molecule has 2 nitrogen and oxygen atoms in total. The Hall–Kier alpha value is -1.02. The highest BCUT2D eigenvalue weighted by Crippen LogP contribution is 2.39. The summed E-state index contributed by atoms with van der Waals surface area (Å²) in [6, 6.07) is 4.06. The zero-order chi connectivity index (χ0) is 11.1. The minimum atomic E-state index is -0.411. The SMILES string of the molecule is COc1ccc(CC2(O)CC2)c(C)c1C. The minimum Gasteiger partial charge on any atom is -0.496 e. The van der Waals surface area contributed by atoms with Crippen molar-refractivity contribution in [2.75, 3.05) is 7.11 Å². The van der Waals surface area contributed by atoms with E-state index in [0.29, 0.717) is 0 Å². The lowest BCUT2D eigenvalue weighted by atomic mass is 9.97. The Bertz CT molecular complexity index is 378. The van der Waals surface area contributed by atoms with Crippen molar-refractivity contribution < 1.29 is 9.84 Å². The average Bonchev–Trinajstić information content (AvgIpc) is 2.92. The van der Waals surface area contributed by atoms with E-state index in [2.05, 4.69) is 19.9 Å². The average molecular weight is 206 g/mol.